The molecule has 2 aromatic carbocycles. The minimum Gasteiger partial charge on any atom is -0.493 e. The van der Waals surface area contributed by atoms with Gasteiger partial charge in [-0.15, -0.1) is 0 Å². The average Bonchev–Trinajstić information content (AvgIpc) is 3.15. The van der Waals surface area contributed by atoms with E-state index >= 15 is 0 Å². The van der Waals surface area contributed by atoms with Crippen LogP contribution in [0.15, 0.2) is 41.3 Å². The molecule has 186 valence electrons. The van der Waals surface area contributed by atoms with Gasteiger partial charge in [0.1, 0.15) is 13.2 Å². The standard InChI is InChI=1S/C25H22ClN3O6S/c1-33-20-11-16(10-19(26)23(20)35-15-18-5-3-2-4-17(18)13-27)12-21-24(31)29(25(32)36-21)14-22(30)28-6-8-34-9-7-28/h2-5,10-12H,6-9,14-15H2,1H3/b21-12+. The molecule has 3 amide bonds. The number of methoxy groups -OCH3 is 1. The lowest BCUT2D eigenvalue weighted by Gasteiger charge is -2.28. The molecule has 2 heterocycles. The van der Waals surface area contributed by atoms with E-state index in [1.54, 1.807) is 35.2 Å². The first-order valence-electron chi connectivity index (χ1n) is 11.0. The topological polar surface area (TPSA) is 109 Å². The summed E-state index contributed by atoms with van der Waals surface area (Å²) in [5.74, 6) is -0.237. The van der Waals surface area contributed by atoms with Gasteiger partial charge in [-0.3, -0.25) is 19.3 Å². The molecule has 0 spiro atoms. The molecule has 11 heteroatoms. The summed E-state index contributed by atoms with van der Waals surface area (Å²) >= 11 is 7.22. The highest BCUT2D eigenvalue weighted by molar-refractivity contribution is 8.18. The lowest BCUT2D eigenvalue weighted by molar-refractivity contribution is -0.139. The molecule has 0 unspecified atom stereocenters. The fraction of sp³-hybridized carbons (Fsp3) is 0.280. The zero-order chi connectivity index (χ0) is 25.7. The third-order valence-corrected chi connectivity index (χ3v) is 6.78. The molecule has 0 aromatic heterocycles. The third kappa shape index (κ3) is 5.65. The molecule has 36 heavy (non-hydrogen) atoms. The Labute approximate surface area is 217 Å². The number of rotatable bonds is 7. The Hall–Kier alpha value is -3.52. The van der Waals surface area contributed by atoms with Crippen LogP contribution in [-0.2, 0) is 20.9 Å². The first kappa shape index (κ1) is 25.6. The van der Waals surface area contributed by atoms with Gasteiger partial charge in [-0.1, -0.05) is 29.8 Å². The Bertz CT molecular complexity index is 1270. The minimum absolute atomic E-state index is 0.106. The smallest absolute Gasteiger partial charge is 0.294 e. The summed E-state index contributed by atoms with van der Waals surface area (Å²) in [6.07, 6.45) is 1.52. The molecule has 2 fully saturated rings. The van der Waals surface area contributed by atoms with E-state index in [2.05, 4.69) is 6.07 Å². The minimum atomic E-state index is -0.546. The molecular formula is C25H22ClN3O6S. The van der Waals surface area contributed by atoms with Crippen molar-refractivity contribution in [1.82, 2.24) is 9.80 Å². The van der Waals surface area contributed by atoms with E-state index in [0.717, 1.165) is 16.7 Å². The quantitative estimate of drug-likeness (QED) is 0.501. The number of nitrogens with zero attached hydrogens (tertiary/aromatic N) is 3. The molecular weight excluding hydrogens is 506 g/mol. The maximum Gasteiger partial charge on any atom is 0.294 e. The Morgan fingerprint density at radius 1 is 1.25 bits per heavy atom. The highest BCUT2D eigenvalue weighted by Crippen LogP contribution is 2.39. The summed E-state index contributed by atoms with van der Waals surface area (Å²) in [6, 6.07) is 12.4. The fourth-order valence-corrected chi connectivity index (χ4v) is 4.82. The van der Waals surface area contributed by atoms with Crippen LogP contribution >= 0.6 is 23.4 Å². The molecule has 0 aliphatic carbocycles. The van der Waals surface area contributed by atoms with E-state index in [1.807, 2.05) is 6.07 Å². The van der Waals surface area contributed by atoms with Crippen LogP contribution in [0.3, 0.4) is 0 Å². The number of benzene rings is 2. The van der Waals surface area contributed by atoms with Gasteiger partial charge in [-0.2, -0.15) is 5.26 Å². The molecule has 2 aliphatic rings. The summed E-state index contributed by atoms with van der Waals surface area (Å²) in [6.45, 7) is 1.51. The van der Waals surface area contributed by atoms with Gasteiger partial charge in [0.05, 0.1) is 41.9 Å². The fourth-order valence-electron chi connectivity index (χ4n) is 3.70. The Balaban J connectivity index is 1.49. The summed E-state index contributed by atoms with van der Waals surface area (Å²) < 4.78 is 16.5. The first-order chi connectivity index (χ1) is 17.4. The number of hydrogen-bond acceptors (Lipinski definition) is 8. The van der Waals surface area contributed by atoms with E-state index in [4.69, 9.17) is 25.8 Å². The normalized spacial score (nSPS) is 16.9. The Morgan fingerprint density at radius 2 is 2.00 bits per heavy atom. The van der Waals surface area contributed by atoms with Crippen molar-refractivity contribution in [3.8, 4) is 17.6 Å². The van der Waals surface area contributed by atoms with Gasteiger partial charge < -0.3 is 19.1 Å². The van der Waals surface area contributed by atoms with Crippen LogP contribution in [0.4, 0.5) is 4.79 Å². The van der Waals surface area contributed by atoms with Gasteiger partial charge in [0.2, 0.25) is 5.91 Å². The summed E-state index contributed by atoms with van der Waals surface area (Å²) in [5.41, 5.74) is 1.71. The number of thioether (sulfide) groups is 1. The number of ether oxygens (including phenoxy) is 3. The van der Waals surface area contributed by atoms with Crippen molar-refractivity contribution in [2.45, 2.75) is 6.61 Å². The van der Waals surface area contributed by atoms with Crippen molar-refractivity contribution in [3.05, 3.63) is 63.0 Å². The van der Waals surface area contributed by atoms with Crippen molar-refractivity contribution in [3.63, 3.8) is 0 Å². The number of amides is 3. The molecule has 0 saturated carbocycles. The van der Waals surface area contributed by atoms with E-state index in [1.165, 1.54) is 13.2 Å². The summed E-state index contributed by atoms with van der Waals surface area (Å²) in [7, 11) is 1.46. The number of carbonyl (C=O) groups is 3. The third-order valence-electron chi connectivity index (χ3n) is 5.59. The van der Waals surface area contributed by atoms with Gasteiger partial charge >= 0.3 is 0 Å². The van der Waals surface area contributed by atoms with Crippen molar-refractivity contribution >= 4 is 46.5 Å². The van der Waals surface area contributed by atoms with Gasteiger partial charge in [0.15, 0.2) is 11.5 Å². The summed E-state index contributed by atoms with van der Waals surface area (Å²) in [5, 5.41) is 8.99. The average molecular weight is 528 g/mol. The predicted octanol–water partition coefficient (Wildman–Crippen LogP) is 3.69. The lowest BCUT2D eigenvalue weighted by atomic mass is 10.1. The van der Waals surface area contributed by atoms with Crippen LogP contribution in [-0.4, -0.2) is 66.8 Å². The maximum absolute atomic E-state index is 12.9. The van der Waals surface area contributed by atoms with Crippen LogP contribution in [0.2, 0.25) is 5.02 Å². The van der Waals surface area contributed by atoms with Gasteiger partial charge in [0, 0.05) is 18.7 Å². The maximum atomic E-state index is 12.9. The van der Waals surface area contributed by atoms with E-state index in [9.17, 15) is 19.6 Å². The molecule has 2 saturated heterocycles. The lowest BCUT2D eigenvalue weighted by Crippen LogP contribution is -2.46. The summed E-state index contributed by atoms with van der Waals surface area (Å²) in [4.78, 5) is 40.5. The van der Waals surface area contributed by atoms with Gasteiger partial charge in [0.25, 0.3) is 11.1 Å². The largest absolute Gasteiger partial charge is 0.493 e. The monoisotopic (exact) mass is 527 g/mol. The number of morpholine rings is 1. The second kappa shape index (κ2) is 11.5. The number of carbonyl (C=O) groups excluding carboxylic acids is 3. The molecule has 9 nitrogen and oxygen atoms in total. The molecule has 4 rings (SSSR count). The molecule has 2 aliphatic heterocycles. The van der Waals surface area contributed by atoms with Gasteiger partial charge in [-0.25, -0.2) is 0 Å². The van der Waals surface area contributed by atoms with Crippen LogP contribution in [0, 0.1) is 11.3 Å². The number of halogens is 1. The number of hydrogen-bond donors (Lipinski definition) is 0. The predicted molar refractivity (Wildman–Crippen MR) is 134 cm³/mol. The van der Waals surface area contributed by atoms with Crippen LogP contribution < -0.4 is 9.47 Å². The van der Waals surface area contributed by atoms with Crippen molar-refractivity contribution in [2.24, 2.45) is 0 Å². The molecule has 0 radical (unpaired) electrons. The SMILES string of the molecule is COc1cc(/C=C2/SC(=O)N(CC(=O)N3CCOCC3)C2=O)cc(Cl)c1OCc1ccccc1C#N. The zero-order valence-corrected chi connectivity index (χ0v) is 20.9. The highest BCUT2D eigenvalue weighted by Gasteiger charge is 2.37. The second-order valence-electron chi connectivity index (χ2n) is 7.85. The van der Waals surface area contributed by atoms with Crippen molar-refractivity contribution < 1.29 is 28.6 Å². The molecule has 0 atom stereocenters. The van der Waals surface area contributed by atoms with Crippen molar-refractivity contribution in [2.75, 3.05) is 40.0 Å². The Morgan fingerprint density at radius 3 is 2.72 bits per heavy atom. The molecule has 0 N–H and O–H groups in total. The first-order valence-corrected chi connectivity index (χ1v) is 12.2. The van der Waals surface area contributed by atoms with E-state index in [-0.39, 0.29) is 34.7 Å². The number of nitriles is 1. The van der Waals surface area contributed by atoms with Crippen LogP contribution in [0.25, 0.3) is 6.08 Å². The molecule has 0 bridgehead atoms. The van der Waals surface area contributed by atoms with E-state index < -0.39 is 11.1 Å². The molecule has 2 aromatic rings. The Kier molecular flexibility index (Phi) is 8.15. The van der Waals surface area contributed by atoms with E-state index in [0.29, 0.717) is 48.7 Å². The second-order valence-corrected chi connectivity index (χ2v) is 9.25. The van der Waals surface area contributed by atoms with Crippen LogP contribution in [0.1, 0.15) is 16.7 Å². The van der Waals surface area contributed by atoms with Crippen molar-refractivity contribution in [1.29, 1.82) is 5.26 Å². The van der Waals surface area contributed by atoms with Gasteiger partial charge in [-0.05, 0) is 41.6 Å². The highest BCUT2D eigenvalue weighted by atomic mass is 35.5. The van der Waals surface area contributed by atoms with Crippen LogP contribution in [0.5, 0.6) is 11.5 Å². The zero-order valence-electron chi connectivity index (χ0n) is 19.4. The number of imide groups is 1.